The molecule has 0 bridgehead atoms. The zero-order valence-corrected chi connectivity index (χ0v) is 11.3. The van der Waals surface area contributed by atoms with Gasteiger partial charge in [-0.25, -0.2) is 0 Å². The zero-order valence-electron chi connectivity index (χ0n) is 11.3. The van der Waals surface area contributed by atoms with E-state index in [1.165, 1.54) is 36.0 Å². The van der Waals surface area contributed by atoms with Gasteiger partial charge in [-0.15, -0.1) is 0 Å². The topological polar surface area (TPSA) is 12.0 Å². The number of nitrogens with one attached hydrogen (secondary N) is 1. The molecule has 0 saturated heterocycles. The summed E-state index contributed by atoms with van der Waals surface area (Å²) in [6.45, 7) is 0. The van der Waals surface area contributed by atoms with Crippen molar-refractivity contribution < 1.29 is 0 Å². The second-order valence-electron chi connectivity index (χ2n) is 5.11. The molecule has 2 aromatic carbocycles. The van der Waals surface area contributed by atoms with Crippen LogP contribution in [0.15, 0.2) is 54.1 Å². The van der Waals surface area contributed by atoms with E-state index in [2.05, 4.69) is 59.9 Å². The van der Waals surface area contributed by atoms with Crippen LogP contribution in [0.1, 0.15) is 24.8 Å². The van der Waals surface area contributed by atoms with Gasteiger partial charge in [0.1, 0.15) is 0 Å². The maximum atomic E-state index is 3.14. The molecule has 1 heteroatoms. The number of anilines is 1. The van der Waals surface area contributed by atoms with Gasteiger partial charge in [0.05, 0.1) is 0 Å². The molecule has 1 N–H and O–H groups in total. The van der Waals surface area contributed by atoms with E-state index >= 15 is 0 Å². The van der Waals surface area contributed by atoms with Crippen molar-refractivity contribution in [2.75, 3.05) is 12.4 Å². The third-order valence-corrected chi connectivity index (χ3v) is 3.78. The summed E-state index contributed by atoms with van der Waals surface area (Å²) in [5.74, 6) is 0. The summed E-state index contributed by atoms with van der Waals surface area (Å²) in [5.41, 5.74) is 6.60. The van der Waals surface area contributed by atoms with Gasteiger partial charge in [-0.2, -0.15) is 0 Å². The summed E-state index contributed by atoms with van der Waals surface area (Å²) < 4.78 is 0. The maximum absolute atomic E-state index is 3.14. The minimum Gasteiger partial charge on any atom is -0.388 e. The van der Waals surface area contributed by atoms with Gasteiger partial charge in [-0.05, 0) is 48.1 Å². The summed E-state index contributed by atoms with van der Waals surface area (Å²) in [7, 11) is 1.94. The highest BCUT2D eigenvalue weighted by Crippen LogP contribution is 2.28. The summed E-state index contributed by atoms with van der Waals surface area (Å²) in [6, 6.07) is 17.4. The quantitative estimate of drug-likeness (QED) is 0.810. The van der Waals surface area contributed by atoms with Crippen molar-refractivity contribution in [3.05, 3.63) is 59.7 Å². The molecule has 0 aliphatic heterocycles. The van der Waals surface area contributed by atoms with Crippen LogP contribution < -0.4 is 5.32 Å². The van der Waals surface area contributed by atoms with Crippen molar-refractivity contribution in [3.63, 3.8) is 0 Å². The molecule has 1 nitrogen and oxygen atoms in total. The highest BCUT2D eigenvalue weighted by Gasteiger charge is 2.07. The first kappa shape index (κ1) is 12.0. The van der Waals surface area contributed by atoms with E-state index in [0.717, 1.165) is 5.69 Å². The van der Waals surface area contributed by atoms with Crippen molar-refractivity contribution in [2.45, 2.75) is 19.3 Å². The van der Waals surface area contributed by atoms with E-state index in [9.17, 15) is 0 Å². The molecule has 1 aliphatic carbocycles. The molecule has 0 heterocycles. The van der Waals surface area contributed by atoms with E-state index in [0.29, 0.717) is 0 Å². The van der Waals surface area contributed by atoms with Crippen LogP contribution in [-0.4, -0.2) is 7.05 Å². The lowest BCUT2D eigenvalue weighted by Gasteiger charge is -2.15. The van der Waals surface area contributed by atoms with Gasteiger partial charge in [0.25, 0.3) is 0 Å². The summed E-state index contributed by atoms with van der Waals surface area (Å²) in [4.78, 5) is 0. The molecule has 96 valence electrons. The molecule has 0 unspecified atom stereocenters. The number of hydrogen-bond donors (Lipinski definition) is 1. The van der Waals surface area contributed by atoms with E-state index in [1.807, 2.05) is 7.05 Å². The summed E-state index contributed by atoms with van der Waals surface area (Å²) in [6.07, 6.45) is 6.26. The van der Waals surface area contributed by atoms with Crippen LogP contribution >= 0.6 is 0 Å². The Morgan fingerprint density at radius 3 is 1.89 bits per heavy atom. The van der Waals surface area contributed by atoms with Crippen molar-refractivity contribution in [1.82, 2.24) is 0 Å². The van der Waals surface area contributed by atoms with Crippen molar-refractivity contribution >= 4 is 11.8 Å². The Morgan fingerprint density at radius 2 is 1.42 bits per heavy atom. The second-order valence-corrected chi connectivity index (χ2v) is 5.11. The minimum atomic E-state index is 1.15. The fourth-order valence-corrected chi connectivity index (χ4v) is 2.36. The van der Waals surface area contributed by atoms with Gasteiger partial charge >= 0.3 is 0 Å². The summed E-state index contributed by atoms with van der Waals surface area (Å²) in [5, 5.41) is 3.14. The third-order valence-electron chi connectivity index (χ3n) is 3.78. The Morgan fingerprint density at radius 1 is 0.842 bits per heavy atom. The SMILES string of the molecule is CNc1ccc(-c2ccc(C=C3CCC3)cc2)cc1. The third kappa shape index (κ3) is 2.70. The molecular formula is C18H19N. The Hall–Kier alpha value is -2.02. The standard InChI is InChI=1S/C18H19N/c1-19-18-11-9-17(10-12-18)16-7-5-15(6-8-16)13-14-3-2-4-14/h5-13,19H,2-4H2,1H3. The lowest BCUT2D eigenvalue weighted by atomic mass is 9.90. The number of benzene rings is 2. The zero-order chi connectivity index (χ0) is 13.1. The van der Waals surface area contributed by atoms with Gasteiger partial charge in [0, 0.05) is 12.7 Å². The molecule has 1 aliphatic rings. The van der Waals surface area contributed by atoms with Crippen molar-refractivity contribution in [3.8, 4) is 11.1 Å². The number of hydrogen-bond acceptors (Lipinski definition) is 1. The smallest absolute Gasteiger partial charge is 0.0337 e. The molecule has 1 saturated carbocycles. The normalized spacial score (nSPS) is 13.8. The Bertz CT molecular complexity index is 570. The molecule has 1 fully saturated rings. The highest BCUT2D eigenvalue weighted by molar-refractivity contribution is 5.68. The first-order chi connectivity index (χ1) is 9.35. The number of allylic oxidation sites excluding steroid dienone is 1. The van der Waals surface area contributed by atoms with Crippen LogP contribution in [-0.2, 0) is 0 Å². The Labute approximate surface area is 115 Å². The molecule has 0 atom stereocenters. The lowest BCUT2D eigenvalue weighted by Crippen LogP contribution is -1.95. The van der Waals surface area contributed by atoms with Gasteiger partial charge in [-0.1, -0.05) is 48.0 Å². The predicted octanol–water partition coefficient (Wildman–Crippen LogP) is 4.96. The van der Waals surface area contributed by atoms with Gasteiger partial charge in [-0.3, -0.25) is 0 Å². The lowest BCUT2D eigenvalue weighted by molar-refractivity contribution is 0.670. The molecule has 0 radical (unpaired) electrons. The Kier molecular flexibility index (Phi) is 3.37. The van der Waals surface area contributed by atoms with Gasteiger partial charge in [0.2, 0.25) is 0 Å². The summed E-state index contributed by atoms with van der Waals surface area (Å²) >= 11 is 0. The second kappa shape index (κ2) is 5.31. The molecule has 0 aromatic heterocycles. The largest absolute Gasteiger partial charge is 0.388 e. The Balaban J connectivity index is 1.80. The molecular weight excluding hydrogens is 230 g/mol. The van der Waals surface area contributed by atoms with Gasteiger partial charge in [0.15, 0.2) is 0 Å². The van der Waals surface area contributed by atoms with Crippen molar-refractivity contribution in [2.24, 2.45) is 0 Å². The van der Waals surface area contributed by atoms with E-state index < -0.39 is 0 Å². The van der Waals surface area contributed by atoms with Crippen LogP contribution in [0.25, 0.3) is 17.2 Å². The highest BCUT2D eigenvalue weighted by atomic mass is 14.8. The van der Waals surface area contributed by atoms with E-state index in [4.69, 9.17) is 0 Å². The van der Waals surface area contributed by atoms with Crippen LogP contribution in [0, 0.1) is 0 Å². The molecule has 3 rings (SSSR count). The van der Waals surface area contributed by atoms with Gasteiger partial charge < -0.3 is 5.32 Å². The first-order valence-corrected chi connectivity index (χ1v) is 6.93. The van der Waals surface area contributed by atoms with Crippen LogP contribution in [0.3, 0.4) is 0 Å². The predicted molar refractivity (Wildman–Crippen MR) is 83.3 cm³/mol. The van der Waals surface area contributed by atoms with Crippen LogP contribution in [0.2, 0.25) is 0 Å². The molecule has 19 heavy (non-hydrogen) atoms. The maximum Gasteiger partial charge on any atom is 0.0337 e. The fraction of sp³-hybridized carbons (Fsp3) is 0.222. The monoisotopic (exact) mass is 249 g/mol. The molecule has 2 aromatic rings. The minimum absolute atomic E-state index is 1.15. The average Bonchev–Trinajstić information content (AvgIpc) is 2.44. The number of rotatable bonds is 3. The van der Waals surface area contributed by atoms with Crippen molar-refractivity contribution in [1.29, 1.82) is 0 Å². The van der Waals surface area contributed by atoms with Crippen LogP contribution in [0.4, 0.5) is 5.69 Å². The first-order valence-electron chi connectivity index (χ1n) is 6.93. The van der Waals surface area contributed by atoms with Crippen LogP contribution in [0.5, 0.6) is 0 Å². The average molecular weight is 249 g/mol. The molecule has 0 spiro atoms. The fourth-order valence-electron chi connectivity index (χ4n) is 2.36. The van der Waals surface area contributed by atoms with E-state index in [-0.39, 0.29) is 0 Å². The molecule has 0 amide bonds. The van der Waals surface area contributed by atoms with E-state index in [1.54, 1.807) is 5.57 Å².